The van der Waals surface area contributed by atoms with Crippen LogP contribution in [0.1, 0.15) is 569 Å². The lowest BCUT2D eigenvalue weighted by atomic mass is 9.92. The number of phenolic OH excluding ortho intramolecular Hbond substituents is 2. The molecule has 0 spiro atoms. The minimum atomic E-state index is -0.976. The van der Waals surface area contributed by atoms with Gasteiger partial charge in [0, 0.05) is 37.7 Å². The minimum Gasteiger partial charge on any atom is -0.504 e. The molecule has 0 atom stereocenters. The molecule has 1 heterocycles. The van der Waals surface area contributed by atoms with Crippen LogP contribution in [0.15, 0.2) is 27.4 Å². The number of benzene rings is 2. The number of carbonyl (C=O) groups is 5. The third-order valence-corrected chi connectivity index (χ3v) is 24.6. The number of hydrogen-bond donors (Lipinski definition) is 2. The smallest absolute Gasteiger partial charge is 0.311 e. The number of hydrogen-bond acceptors (Lipinski definition) is 12. The minimum absolute atomic E-state index is 0.0137. The molecule has 117 heavy (non-hydrogen) atoms. The Morgan fingerprint density at radius 1 is 0.256 bits per heavy atom. The summed E-state index contributed by atoms with van der Waals surface area (Å²) < 4.78 is 26.2. The molecule has 12 heteroatoms. The zero-order valence-corrected chi connectivity index (χ0v) is 76.8. The standard InChI is InChI=1S/C105H180O12/c1-6-11-16-21-26-31-36-41-46-51-56-61-66-71-76-81-91(107)97-102(114-94(110)83-78-73-68-63-58-53-48-43-38-33-28-23-18-13-8-3)98(92(108)82-77-72-67-62-57-52-47-42-37-32-27-22-17-12-7-2)104-99(103(97)115-95(111)84-79-74-69-64-59-54-49-44-39-34-29-24-19-14-9-4)100(113)105(101(117-104)89-86-87-90(106)93(109)88-89)116-96(112)85-80-75-70-65-60-55-50-45-40-35-30-25-20-15-10-5/h86-88,106,109H,6-85H2,1-5H3. The monoisotopic (exact) mass is 1630 g/mol. The van der Waals surface area contributed by atoms with Crippen molar-refractivity contribution < 1.29 is 52.8 Å². The van der Waals surface area contributed by atoms with Crippen LogP contribution in [0, 0.1) is 0 Å². The molecule has 0 radical (unpaired) electrons. The summed E-state index contributed by atoms with van der Waals surface area (Å²) in [6.45, 7) is 11.3. The fourth-order valence-electron chi connectivity index (χ4n) is 17.0. The Hall–Kier alpha value is -5.00. The maximum atomic E-state index is 16.2. The average Bonchev–Trinajstić information content (AvgIpc) is 0.723. The summed E-state index contributed by atoms with van der Waals surface area (Å²) in [6.07, 6.45) is 85.6. The lowest BCUT2D eigenvalue weighted by molar-refractivity contribution is -0.135. The second-order valence-electron chi connectivity index (χ2n) is 35.7. The molecule has 0 aliphatic carbocycles. The molecule has 0 saturated heterocycles. The van der Waals surface area contributed by atoms with Crippen molar-refractivity contribution in [3.05, 3.63) is 39.5 Å². The molecular formula is C105H180O12. The molecule has 0 unspecified atom stereocenters. The molecule has 2 N–H and O–H groups in total. The van der Waals surface area contributed by atoms with Gasteiger partial charge in [0.15, 0.2) is 45.9 Å². The van der Waals surface area contributed by atoms with E-state index in [0.29, 0.717) is 32.1 Å². The molecule has 0 saturated carbocycles. The molecule has 12 nitrogen and oxygen atoms in total. The van der Waals surface area contributed by atoms with Gasteiger partial charge < -0.3 is 28.8 Å². The summed E-state index contributed by atoms with van der Waals surface area (Å²) in [6, 6.07) is 3.83. The first kappa shape index (κ1) is 106. The maximum absolute atomic E-state index is 16.2. The number of esters is 3. The molecule has 2 aromatic carbocycles. The van der Waals surface area contributed by atoms with E-state index in [1.165, 1.54) is 339 Å². The van der Waals surface area contributed by atoms with Crippen molar-refractivity contribution in [1.29, 1.82) is 0 Å². The first-order chi connectivity index (χ1) is 57.4. The van der Waals surface area contributed by atoms with Crippen LogP contribution in [-0.4, -0.2) is 39.7 Å². The maximum Gasteiger partial charge on any atom is 0.311 e. The molecular weight excluding hydrogens is 1450 g/mol. The molecule has 3 rings (SSSR count). The summed E-state index contributed by atoms with van der Waals surface area (Å²) in [5.74, 6) is -5.95. The van der Waals surface area contributed by atoms with E-state index in [2.05, 4.69) is 34.6 Å². The Balaban J connectivity index is 2.15. The second kappa shape index (κ2) is 75.9. The fraction of sp³-hybridized carbons (Fsp3) is 0.810. The van der Waals surface area contributed by atoms with Gasteiger partial charge in [0.2, 0.25) is 11.2 Å². The Labute approximate surface area is 717 Å². The third kappa shape index (κ3) is 53.5. The highest BCUT2D eigenvalue weighted by molar-refractivity contribution is 6.17. The van der Waals surface area contributed by atoms with Crippen LogP contribution in [0.2, 0.25) is 0 Å². The average molecular weight is 1630 g/mol. The number of aromatic hydroxyl groups is 2. The predicted octanol–water partition coefficient (Wildman–Crippen LogP) is 34.3. The summed E-state index contributed by atoms with van der Waals surface area (Å²) in [7, 11) is 0. The molecule has 0 amide bonds. The van der Waals surface area contributed by atoms with Crippen LogP contribution in [0.25, 0.3) is 22.3 Å². The van der Waals surface area contributed by atoms with E-state index < -0.39 is 63.3 Å². The van der Waals surface area contributed by atoms with Gasteiger partial charge in [-0.2, -0.15) is 0 Å². The number of carbonyl (C=O) groups excluding carboxylic acids is 5. The van der Waals surface area contributed by atoms with E-state index in [1.54, 1.807) is 0 Å². The Morgan fingerprint density at radius 3 is 0.718 bits per heavy atom. The van der Waals surface area contributed by atoms with Gasteiger partial charge in [-0.15, -0.1) is 0 Å². The highest BCUT2D eigenvalue weighted by atomic mass is 16.6. The molecule has 3 aromatic rings. The van der Waals surface area contributed by atoms with Gasteiger partial charge in [0.05, 0.1) is 0 Å². The normalized spacial score (nSPS) is 11.6. The van der Waals surface area contributed by atoms with Crippen molar-refractivity contribution in [3.63, 3.8) is 0 Å². The SMILES string of the molecule is CCCCCCCCCCCCCCCCCC(=O)Oc1c(C(=O)CCCCCCCCCCCCCCCCC)c(OC(=O)CCCCCCCCCCCCCCCCC)c2c(=O)c(OC(=O)CCCCCCCCCCCCCCCCC)c(-c3ccc(O)c(O)c3)oc2c1C(=O)CCCCCCCCCCCCCCCCC. The first-order valence-electron chi connectivity index (χ1n) is 50.8. The molecule has 0 aliphatic heterocycles. The van der Waals surface area contributed by atoms with Crippen molar-refractivity contribution in [2.45, 2.75) is 548 Å². The lowest BCUT2D eigenvalue weighted by Gasteiger charge is -2.21. The van der Waals surface area contributed by atoms with Gasteiger partial charge in [-0.3, -0.25) is 28.8 Å². The summed E-state index contributed by atoms with van der Waals surface area (Å²) in [5.41, 5.74) is -1.95. The number of phenols is 2. The van der Waals surface area contributed by atoms with E-state index in [-0.39, 0.29) is 65.9 Å². The van der Waals surface area contributed by atoms with Gasteiger partial charge in [-0.1, -0.05) is 484 Å². The van der Waals surface area contributed by atoms with Crippen LogP contribution < -0.4 is 19.6 Å². The van der Waals surface area contributed by atoms with Gasteiger partial charge in [-0.25, -0.2) is 0 Å². The van der Waals surface area contributed by atoms with Crippen molar-refractivity contribution in [2.75, 3.05) is 0 Å². The summed E-state index contributed by atoms with van der Waals surface area (Å²) in [4.78, 5) is 91.9. The number of unbranched alkanes of at least 4 members (excludes halogenated alkanes) is 70. The van der Waals surface area contributed by atoms with E-state index in [1.807, 2.05) is 0 Å². The van der Waals surface area contributed by atoms with E-state index in [9.17, 15) is 24.6 Å². The number of rotatable bonds is 86. The fourth-order valence-corrected chi connectivity index (χ4v) is 17.0. The van der Waals surface area contributed by atoms with E-state index >= 15 is 14.4 Å². The van der Waals surface area contributed by atoms with Crippen LogP contribution in [0.5, 0.6) is 28.7 Å². The second-order valence-corrected chi connectivity index (χ2v) is 35.7. The number of ether oxygens (including phenoxy) is 3. The highest BCUT2D eigenvalue weighted by Gasteiger charge is 2.37. The summed E-state index contributed by atoms with van der Waals surface area (Å²) in [5, 5.41) is 21.4. The van der Waals surface area contributed by atoms with Crippen molar-refractivity contribution >= 4 is 40.4 Å². The number of ketones is 2. The van der Waals surface area contributed by atoms with Gasteiger partial charge >= 0.3 is 17.9 Å². The van der Waals surface area contributed by atoms with E-state index in [0.717, 1.165) is 128 Å². The van der Waals surface area contributed by atoms with Crippen LogP contribution in [0.3, 0.4) is 0 Å². The predicted molar refractivity (Wildman–Crippen MR) is 495 cm³/mol. The highest BCUT2D eigenvalue weighted by Crippen LogP contribution is 2.46. The van der Waals surface area contributed by atoms with Crippen molar-refractivity contribution in [3.8, 4) is 40.1 Å². The molecule has 672 valence electrons. The van der Waals surface area contributed by atoms with Crippen LogP contribution in [0.4, 0.5) is 0 Å². The molecule has 0 bridgehead atoms. The van der Waals surface area contributed by atoms with Gasteiger partial charge in [-0.05, 0) is 50.3 Å². The number of fused-ring (bicyclic) bond motifs is 1. The topological polar surface area (TPSA) is 184 Å². The quantitative estimate of drug-likeness (QED) is 0.0180. The Bertz CT molecular complexity index is 2990. The molecule has 0 aliphatic rings. The summed E-state index contributed by atoms with van der Waals surface area (Å²) >= 11 is 0. The number of Topliss-reactive ketones (excluding diaryl/α,β-unsaturated/α-hetero) is 2. The van der Waals surface area contributed by atoms with Gasteiger partial charge in [0.1, 0.15) is 16.5 Å². The Kier molecular flexibility index (Phi) is 68.9. The lowest BCUT2D eigenvalue weighted by Crippen LogP contribution is -2.22. The largest absolute Gasteiger partial charge is 0.504 e. The van der Waals surface area contributed by atoms with Crippen molar-refractivity contribution in [1.82, 2.24) is 0 Å². The molecule has 1 aromatic heterocycles. The Morgan fingerprint density at radius 2 is 0.470 bits per heavy atom. The van der Waals surface area contributed by atoms with Gasteiger partial charge in [0.25, 0.3) is 0 Å². The first-order valence-corrected chi connectivity index (χ1v) is 50.8. The van der Waals surface area contributed by atoms with Crippen LogP contribution in [-0.2, 0) is 14.4 Å². The zero-order valence-electron chi connectivity index (χ0n) is 76.8. The van der Waals surface area contributed by atoms with Crippen LogP contribution >= 0.6 is 0 Å². The van der Waals surface area contributed by atoms with E-state index in [4.69, 9.17) is 18.6 Å². The zero-order chi connectivity index (χ0) is 84.3. The third-order valence-electron chi connectivity index (χ3n) is 24.6. The molecule has 0 fully saturated rings. The van der Waals surface area contributed by atoms with Crippen molar-refractivity contribution in [2.24, 2.45) is 0 Å².